The average Bonchev–Trinajstić information content (AvgIpc) is 3.55. The Morgan fingerprint density at radius 3 is 2.66 bits per heavy atom. The molecule has 1 N–H and O–H groups in total. The minimum absolute atomic E-state index is 0.121. The number of ether oxygens (including phenoxy) is 2. The molecule has 1 amide bonds. The molecule has 7 heteroatoms. The van der Waals surface area contributed by atoms with E-state index in [0.29, 0.717) is 36.1 Å². The fourth-order valence-corrected chi connectivity index (χ4v) is 4.22. The van der Waals surface area contributed by atoms with Crippen LogP contribution < -0.4 is 9.47 Å². The number of benzene rings is 2. The van der Waals surface area contributed by atoms with Gasteiger partial charge in [0.25, 0.3) is 5.91 Å². The lowest BCUT2D eigenvalue weighted by Gasteiger charge is -2.26. The first-order valence-electron chi connectivity index (χ1n) is 10.5. The lowest BCUT2D eigenvalue weighted by Crippen LogP contribution is -2.29. The van der Waals surface area contributed by atoms with E-state index in [9.17, 15) is 4.79 Å². The summed E-state index contributed by atoms with van der Waals surface area (Å²) in [4.78, 5) is 15.2. The highest BCUT2D eigenvalue weighted by atomic mass is 16.5. The van der Waals surface area contributed by atoms with Crippen molar-refractivity contribution in [3.8, 4) is 22.8 Å². The van der Waals surface area contributed by atoms with Crippen molar-refractivity contribution in [1.29, 1.82) is 0 Å². The predicted octanol–water partition coefficient (Wildman–Crippen LogP) is 4.82. The van der Waals surface area contributed by atoms with Crippen LogP contribution in [0.2, 0.25) is 0 Å². The fraction of sp³-hybridized carbons (Fsp3) is 0.200. The van der Waals surface area contributed by atoms with Gasteiger partial charge in [-0.1, -0.05) is 36.4 Å². The number of rotatable bonds is 7. The zero-order valence-electron chi connectivity index (χ0n) is 17.9. The Kier molecular flexibility index (Phi) is 5.15. The normalized spacial score (nSPS) is 15.1. The van der Waals surface area contributed by atoms with Crippen LogP contribution in [0.5, 0.6) is 11.5 Å². The summed E-state index contributed by atoms with van der Waals surface area (Å²) in [6.45, 7) is 2.80. The maximum Gasteiger partial charge on any atom is 0.273 e. The first-order chi connectivity index (χ1) is 15.7. The van der Waals surface area contributed by atoms with Gasteiger partial charge in [0.1, 0.15) is 11.5 Å². The van der Waals surface area contributed by atoms with Crippen LogP contribution >= 0.6 is 0 Å². The number of aromatic amines is 1. The predicted molar refractivity (Wildman–Crippen MR) is 119 cm³/mol. The molecule has 4 aromatic rings. The first kappa shape index (κ1) is 19.9. The quantitative estimate of drug-likeness (QED) is 0.455. The monoisotopic (exact) mass is 429 g/mol. The number of fused-ring (bicyclic) bond motifs is 1. The van der Waals surface area contributed by atoms with Gasteiger partial charge in [0.05, 0.1) is 38.3 Å². The molecule has 0 bridgehead atoms. The molecule has 7 nitrogen and oxygen atoms in total. The largest absolute Gasteiger partial charge is 0.493 e. The number of amides is 1. The minimum Gasteiger partial charge on any atom is -0.493 e. The number of hydrogen-bond acceptors (Lipinski definition) is 5. The second kappa shape index (κ2) is 8.26. The number of hydrogen-bond donors (Lipinski definition) is 1. The van der Waals surface area contributed by atoms with E-state index in [2.05, 4.69) is 10.2 Å². The third kappa shape index (κ3) is 3.32. The lowest BCUT2D eigenvalue weighted by molar-refractivity contribution is 0.0716. The number of carbonyl (C=O) groups excluding carboxylic acids is 1. The number of furan rings is 1. The van der Waals surface area contributed by atoms with Crippen molar-refractivity contribution in [2.45, 2.75) is 19.5 Å². The fourth-order valence-electron chi connectivity index (χ4n) is 4.22. The molecule has 0 fully saturated rings. The third-order valence-electron chi connectivity index (χ3n) is 5.62. The molecule has 2 aromatic carbocycles. The molecule has 0 saturated heterocycles. The Hall–Kier alpha value is -4.00. The second-order valence-corrected chi connectivity index (χ2v) is 7.49. The molecule has 1 atom stereocenters. The van der Waals surface area contributed by atoms with Gasteiger partial charge in [0, 0.05) is 11.1 Å². The van der Waals surface area contributed by atoms with Crippen molar-refractivity contribution in [3.63, 3.8) is 0 Å². The van der Waals surface area contributed by atoms with E-state index in [0.717, 1.165) is 22.4 Å². The Morgan fingerprint density at radius 1 is 1.09 bits per heavy atom. The van der Waals surface area contributed by atoms with Gasteiger partial charge in [-0.3, -0.25) is 9.89 Å². The summed E-state index contributed by atoms with van der Waals surface area (Å²) in [5, 5.41) is 7.48. The molecule has 5 rings (SSSR count). The molecule has 0 saturated carbocycles. The van der Waals surface area contributed by atoms with Gasteiger partial charge in [-0.2, -0.15) is 5.10 Å². The number of nitrogens with one attached hydrogen (secondary N) is 1. The smallest absolute Gasteiger partial charge is 0.273 e. The van der Waals surface area contributed by atoms with Gasteiger partial charge in [0.2, 0.25) is 0 Å². The third-order valence-corrected chi connectivity index (χ3v) is 5.62. The highest BCUT2D eigenvalue weighted by Crippen LogP contribution is 2.45. The Balaban J connectivity index is 1.65. The molecular formula is C25H23N3O4. The van der Waals surface area contributed by atoms with Crippen LogP contribution in [0.25, 0.3) is 11.3 Å². The molecule has 1 aliphatic rings. The number of aromatic nitrogens is 2. The summed E-state index contributed by atoms with van der Waals surface area (Å²) in [6, 6.07) is 19.0. The molecule has 32 heavy (non-hydrogen) atoms. The molecule has 0 unspecified atom stereocenters. The zero-order chi connectivity index (χ0) is 22.1. The van der Waals surface area contributed by atoms with Crippen molar-refractivity contribution in [1.82, 2.24) is 15.1 Å². The van der Waals surface area contributed by atoms with E-state index >= 15 is 0 Å². The summed E-state index contributed by atoms with van der Waals surface area (Å²) in [6.07, 6.45) is 1.61. The molecule has 162 valence electrons. The molecule has 1 aliphatic heterocycles. The highest BCUT2D eigenvalue weighted by molar-refractivity contribution is 6.00. The topological polar surface area (TPSA) is 80.6 Å². The number of H-pyrrole nitrogens is 1. The van der Waals surface area contributed by atoms with Crippen LogP contribution in [-0.2, 0) is 6.54 Å². The Bertz CT molecular complexity index is 1230. The summed E-state index contributed by atoms with van der Waals surface area (Å²) < 4.78 is 16.8. The van der Waals surface area contributed by atoms with Gasteiger partial charge in [-0.05, 0) is 36.8 Å². The van der Waals surface area contributed by atoms with Crippen LogP contribution in [0.1, 0.15) is 40.3 Å². The maximum atomic E-state index is 13.4. The van der Waals surface area contributed by atoms with Gasteiger partial charge < -0.3 is 18.8 Å². The van der Waals surface area contributed by atoms with Crippen molar-refractivity contribution in [3.05, 3.63) is 89.5 Å². The van der Waals surface area contributed by atoms with Crippen molar-refractivity contribution < 1.29 is 18.7 Å². The average molecular weight is 429 g/mol. The molecule has 3 heterocycles. The van der Waals surface area contributed by atoms with Crippen LogP contribution in [0.15, 0.2) is 71.3 Å². The summed E-state index contributed by atoms with van der Waals surface area (Å²) in [5.41, 5.74) is 3.95. The maximum absolute atomic E-state index is 13.4. The summed E-state index contributed by atoms with van der Waals surface area (Å²) >= 11 is 0. The van der Waals surface area contributed by atoms with E-state index in [4.69, 9.17) is 13.9 Å². The molecular weight excluding hydrogens is 406 g/mol. The van der Waals surface area contributed by atoms with E-state index in [1.54, 1.807) is 18.3 Å². The van der Waals surface area contributed by atoms with Gasteiger partial charge in [0.15, 0.2) is 11.5 Å². The zero-order valence-corrected chi connectivity index (χ0v) is 17.9. The number of nitrogens with zero attached hydrogens (tertiary/aromatic N) is 2. The van der Waals surface area contributed by atoms with Crippen molar-refractivity contribution in [2.24, 2.45) is 0 Å². The van der Waals surface area contributed by atoms with E-state index in [-0.39, 0.29) is 11.9 Å². The standard InChI is InChI=1S/C25H23N3O4/c1-3-31-19-12-11-17(14-20(19)30-2)24-21-22(16-8-5-4-6-9-16)26-27-23(21)25(29)28(24)15-18-10-7-13-32-18/h4-14,24H,3,15H2,1-2H3,(H,26,27)/t24-/m0/s1. The van der Waals surface area contributed by atoms with Gasteiger partial charge in [-0.25, -0.2) is 0 Å². The lowest BCUT2D eigenvalue weighted by atomic mass is 9.95. The highest BCUT2D eigenvalue weighted by Gasteiger charge is 2.42. The SMILES string of the molecule is CCOc1ccc([C@H]2c3c(-c4ccccc4)n[nH]c3C(=O)N2Cc2ccco2)cc1OC. The van der Waals surface area contributed by atoms with Gasteiger partial charge >= 0.3 is 0 Å². The number of carbonyl (C=O) groups is 1. The number of methoxy groups -OCH3 is 1. The van der Waals surface area contributed by atoms with E-state index < -0.39 is 0 Å². The van der Waals surface area contributed by atoms with E-state index in [1.165, 1.54) is 0 Å². The van der Waals surface area contributed by atoms with Crippen LogP contribution in [-0.4, -0.2) is 34.7 Å². The molecule has 2 aromatic heterocycles. The summed E-state index contributed by atoms with van der Waals surface area (Å²) in [5.74, 6) is 1.87. The van der Waals surface area contributed by atoms with Crippen LogP contribution in [0.3, 0.4) is 0 Å². The molecule has 0 aliphatic carbocycles. The van der Waals surface area contributed by atoms with Crippen molar-refractivity contribution >= 4 is 5.91 Å². The van der Waals surface area contributed by atoms with Crippen molar-refractivity contribution in [2.75, 3.05) is 13.7 Å². The summed E-state index contributed by atoms with van der Waals surface area (Å²) in [7, 11) is 1.61. The first-order valence-corrected chi connectivity index (χ1v) is 10.5. The Labute approximate surface area is 185 Å². The molecule has 0 radical (unpaired) electrons. The Morgan fingerprint density at radius 2 is 1.94 bits per heavy atom. The van der Waals surface area contributed by atoms with Crippen LogP contribution in [0, 0.1) is 0 Å². The minimum atomic E-state index is -0.360. The van der Waals surface area contributed by atoms with Crippen LogP contribution in [0.4, 0.5) is 0 Å². The molecule has 0 spiro atoms. The van der Waals surface area contributed by atoms with E-state index in [1.807, 2.05) is 67.6 Å². The van der Waals surface area contributed by atoms with Gasteiger partial charge in [-0.15, -0.1) is 0 Å². The second-order valence-electron chi connectivity index (χ2n) is 7.49.